The number of aryl methyl sites for hydroxylation is 1. The summed E-state index contributed by atoms with van der Waals surface area (Å²) in [5, 5.41) is 4.94. The van der Waals surface area contributed by atoms with Gasteiger partial charge in [0.15, 0.2) is 0 Å². The van der Waals surface area contributed by atoms with Gasteiger partial charge in [0.05, 0.1) is 11.4 Å². The van der Waals surface area contributed by atoms with Crippen molar-refractivity contribution in [2.75, 3.05) is 0 Å². The number of nitrogens with zero attached hydrogens (tertiary/aromatic N) is 3. The van der Waals surface area contributed by atoms with E-state index < -0.39 is 0 Å². The summed E-state index contributed by atoms with van der Waals surface area (Å²) in [4.78, 5) is 12.5. The topological polar surface area (TPSA) is 39.8 Å². The van der Waals surface area contributed by atoms with Gasteiger partial charge in [-0.1, -0.05) is 29.8 Å². The summed E-state index contributed by atoms with van der Waals surface area (Å²) in [6, 6.07) is 16.5. The summed E-state index contributed by atoms with van der Waals surface area (Å²) >= 11 is 5.86. The zero-order chi connectivity index (χ0) is 14.1. The molecule has 0 saturated carbocycles. The molecule has 0 fully saturated rings. The summed E-state index contributed by atoms with van der Waals surface area (Å²) in [6.07, 6.45) is 0. The molecule has 0 aliphatic rings. The minimum Gasteiger partial charge on any atom is -0.247 e. The first-order chi connectivity index (χ1) is 9.66. The zero-order valence-corrected chi connectivity index (χ0v) is 11.6. The summed E-state index contributed by atoms with van der Waals surface area (Å²) in [6.45, 7) is 1.81. The predicted molar refractivity (Wildman–Crippen MR) is 78.9 cm³/mol. The average molecular weight is 286 g/mol. The second kappa shape index (κ2) is 4.98. The first kappa shape index (κ1) is 12.7. The molecular formula is C15H12ClN3O. The van der Waals surface area contributed by atoms with Gasteiger partial charge >= 0.3 is 5.69 Å². The van der Waals surface area contributed by atoms with Gasteiger partial charge in [-0.15, -0.1) is 5.10 Å². The van der Waals surface area contributed by atoms with E-state index in [9.17, 15) is 4.79 Å². The Morgan fingerprint density at radius 1 is 0.950 bits per heavy atom. The summed E-state index contributed by atoms with van der Waals surface area (Å²) < 4.78 is 2.95. The Bertz CT molecular complexity index is 788. The van der Waals surface area contributed by atoms with Crippen molar-refractivity contribution in [1.82, 2.24) is 14.3 Å². The SMILES string of the molecule is Cc1nn(-c2ccc(Cl)cc2)c(=O)n1-c1ccccc1. The van der Waals surface area contributed by atoms with E-state index in [-0.39, 0.29) is 5.69 Å². The van der Waals surface area contributed by atoms with E-state index in [0.29, 0.717) is 16.5 Å². The third-order valence-electron chi connectivity index (χ3n) is 3.03. The molecule has 0 amide bonds. The summed E-state index contributed by atoms with van der Waals surface area (Å²) in [7, 11) is 0. The molecule has 100 valence electrons. The lowest BCUT2D eigenvalue weighted by Gasteiger charge is -2.01. The molecule has 0 spiro atoms. The van der Waals surface area contributed by atoms with Crippen molar-refractivity contribution in [1.29, 1.82) is 0 Å². The van der Waals surface area contributed by atoms with Crippen molar-refractivity contribution in [2.45, 2.75) is 6.92 Å². The van der Waals surface area contributed by atoms with Crippen LogP contribution in [0.2, 0.25) is 5.02 Å². The molecule has 0 N–H and O–H groups in total. The number of halogens is 1. The van der Waals surface area contributed by atoms with Crippen molar-refractivity contribution >= 4 is 11.6 Å². The standard InChI is InChI=1S/C15H12ClN3O/c1-11-17-19(14-9-7-12(16)8-10-14)15(20)18(11)13-5-3-2-4-6-13/h2-10H,1H3. The van der Waals surface area contributed by atoms with E-state index in [0.717, 1.165) is 5.69 Å². The van der Waals surface area contributed by atoms with Gasteiger partial charge in [0.1, 0.15) is 5.82 Å². The molecule has 2 aromatic carbocycles. The maximum atomic E-state index is 12.5. The van der Waals surface area contributed by atoms with Crippen LogP contribution in [0.3, 0.4) is 0 Å². The highest BCUT2D eigenvalue weighted by Crippen LogP contribution is 2.13. The second-order valence-electron chi connectivity index (χ2n) is 4.39. The molecule has 0 aliphatic heterocycles. The Morgan fingerprint density at radius 2 is 1.60 bits per heavy atom. The monoisotopic (exact) mass is 285 g/mol. The van der Waals surface area contributed by atoms with Crippen LogP contribution in [0.1, 0.15) is 5.82 Å². The van der Waals surface area contributed by atoms with Gasteiger partial charge in [-0.3, -0.25) is 0 Å². The normalized spacial score (nSPS) is 10.7. The van der Waals surface area contributed by atoms with E-state index >= 15 is 0 Å². The van der Waals surface area contributed by atoms with Crippen LogP contribution in [0.5, 0.6) is 0 Å². The van der Waals surface area contributed by atoms with Crippen molar-refractivity contribution in [3.63, 3.8) is 0 Å². The fourth-order valence-corrected chi connectivity index (χ4v) is 2.22. The number of aromatic nitrogens is 3. The largest absolute Gasteiger partial charge is 0.355 e. The minimum absolute atomic E-state index is 0.198. The Balaban J connectivity index is 2.17. The molecule has 5 heteroatoms. The van der Waals surface area contributed by atoms with E-state index in [1.165, 1.54) is 4.68 Å². The van der Waals surface area contributed by atoms with Crippen LogP contribution < -0.4 is 5.69 Å². The Kier molecular flexibility index (Phi) is 3.16. The van der Waals surface area contributed by atoms with Crippen molar-refractivity contribution in [2.24, 2.45) is 0 Å². The summed E-state index contributed by atoms with van der Waals surface area (Å²) in [5.41, 5.74) is 1.29. The number of rotatable bonds is 2. The van der Waals surface area contributed by atoms with E-state index in [1.807, 2.05) is 30.3 Å². The fraction of sp³-hybridized carbons (Fsp3) is 0.0667. The van der Waals surface area contributed by atoms with Crippen molar-refractivity contribution in [3.05, 3.63) is 75.9 Å². The molecule has 1 heterocycles. The number of hydrogen-bond donors (Lipinski definition) is 0. The molecule has 3 aromatic rings. The average Bonchev–Trinajstić information content (AvgIpc) is 2.76. The molecule has 0 radical (unpaired) electrons. The third-order valence-corrected chi connectivity index (χ3v) is 3.28. The zero-order valence-electron chi connectivity index (χ0n) is 10.8. The van der Waals surface area contributed by atoms with Crippen LogP contribution >= 0.6 is 11.6 Å². The molecule has 0 bridgehead atoms. The third kappa shape index (κ3) is 2.14. The van der Waals surface area contributed by atoms with Crippen LogP contribution in [0.15, 0.2) is 59.4 Å². The minimum atomic E-state index is -0.198. The molecule has 20 heavy (non-hydrogen) atoms. The van der Waals surface area contributed by atoms with E-state index in [1.54, 1.807) is 35.8 Å². The van der Waals surface area contributed by atoms with Crippen LogP contribution in [-0.4, -0.2) is 14.3 Å². The maximum absolute atomic E-state index is 12.5. The smallest absolute Gasteiger partial charge is 0.247 e. The van der Waals surface area contributed by atoms with Crippen LogP contribution in [0.25, 0.3) is 11.4 Å². The molecule has 4 nitrogen and oxygen atoms in total. The van der Waals surface area contributed by atoms with Gasteiger partial charge in [-0.2, -0.15) is 4.68 Å². The lowest BCUT2D eigenvalue weighted by molar-refractivity contribution is 0.827. The highest BCUT2D eigenvalue weighted by Gasteiger charge is 2.12. The molecular weight excluding hydrogens is 274 g/mol. The highest BCUT2D eigenvalue weighted by molar-refractivity contribution is 6.30. The van der Waals surface area contributed by atoms with Gasteiger partial charge in [-0.05, 0) is 43.3 Å². The molecule has 3 rings (SSSR count). The first-order valence-electron chi connectivity index (χ1n) is 6.17. The number of hydrogen-bond acceptors (Lipinski definition) is 2. The van der Waals surface area contributed by atoms with Gasteiger partial charge in [0.2, 0.25) is 0 Å². The van der Waals surface area contributed by atoms with Gasteiger partial charge in [-0.25, -0.2) is 9.36 Å². The van der Waals surface area contributed by atoms with E-state index in [2.05, 4.69) is 5.10 Å². The summed E-state index contributed by atoms with van der Waals surface area (Å²) in [5.74, 6) is 0.635. The molecule has 0 aliphatic carbocycles. The second-order valence-corrected chi connectivity index (χ2v) is 4.83. The van der Waals surface area contributed by atoms with Gasteiger partial charge in [0, 0.05) is 5.02 Å². The predicted octanol–water partition coefficient (Wildman–Crippen LogP) is 2.99. The maximum Gasteiger partial charge on any atom is 0.355 e. The molecule has 0 atom stereocenters. The van der Waals surface area contributed by atoms with Crippen LogP contribution in [0.4, 0.5) is 0 Å². The van der Waals surface area contributed by atoms with Crippen molar-refractivity contribution < 1.29 is 0 Å². The number of para-hydroxylation sites is 1. The number of benzene rings is 2. The van der Waals surface area contributed by atoms with Crippen LogP contribution in [-0.2, 0) is 0 Å². The Morgan fingerprint density at radius 3 is 2.25 bits per heavy atom. The molecule has 0 unspecified atom stereocenters. The fourth-order valence-electron chi connectivity index (χ4n) is 2.09. The van der Waals surface area contributed by atoms with Crippen molar-refractivity contribution in [3.8, 4) is 11.4 Å². The quantitative estimate of drug-likeness (QED) is 0.726. The van der Waals surface area contributed by atoms with Crippen LogP contribution in [0, 0.1) is 6.92 Å². The lowest BCUT2D eigenvalue weighted by atomic mass is 10.3. The Hall–Kier alpha value is -2.33. The highest BCUT2D eigenvalue weighted by atomic mass is 35.5. The molecule has 1 aromatic heterocycles. The lowest BCUT2D eigenvalue weighted by Crippen LogP contribution is -2.22. The molecule has 0 saturated heterocycles. The van der Waals surface area contributed by atoms with Gasteiger partial charge in [0.25, 0.3) is 0 Å². The van der Waals surface area contributed by atoms with Gasteiger partial charge < -0.3 is 0 Å². The first-order valence-corrected chi connectivity index (χ1v) is 6.54. The Labute approximate surface area is 120 Å². The van der Waals surface area contributed by atoms with E-state index in [4.69, 9.17) is 11.6 Å².